The molecule has 0 fully saturated rings. The fourth-order valence-electron chi connectivity index (χ4n) is 2.66. The number of Topliss-reactive ketones (excluding diaryl/α,β-unsaturated/α-hetero) is 1. The Morgan fingerprint density at radius 3 is 2.73 bits per heavy atom. The fraction of sp³-hybridized carbons (Fsp3) is 0.500. The lowest BCUT2D eigenvalue weighted by atomic mass is 10.00. The molecule has 22 heavy (non-hydrogen) atoms. The molecule has 0 aromatic carbocycles. The van der Waals surface area contributed by atoms with Crippen molar-refractivity contribution in [1.29, 1.82) is 0 Å². The highest BCUT2D eigenvalue weighted by molar-refractivity contribution is 6.08. The molecule has 0 saturated heterocycles. The van der Waals surface area contributed by atoms with Gasteiger partial charge in [-0.25, -0.2) is 0 Å². The first-order valence-electron chi connectivity index (χ1n) is 7.42. The Labute approximate surface area is 130 Å². The van der Waals surface area contributed by atoms with Gasteiger partial charge in [0.15, 0.2) is 11.5 Å². The minimum Gasteiger partial charge on any atom is -0.503 e. The van der Waals surface area contributed by atoms with E-state index in [1.165, 1.54) is 11.2 Å². The minimum absolute atomic E-state index is 0.146. The van der Waals surface area contributed by atoms with E-state index < -0.39 is 17.7 Å². The van der Waals surface area contributed by atoms with Gasteiger partial charge in [0.2, 0.25) is 0 Å². The summed E-state index contributed by atoms with van der Waals surface area (Å²) < 4.78 is 5.39. The Bertz CT molecular complexity index is 575. The fourth-order valence-corrected chi connectivity index (χ4v) is 2.66. The van der Waals surface area contributed by atoms with Crippen LogP contribution in [-0.2, 0) is 9.59 Å². The number of amides is 1. The van der Waals surface area contributed by atoms with Crippen LogP contribution in [0.4, 0.5) is 0 Å². The monoisotopic (exact) mass is 306 g/mol. The predicted octanol–water partition coefficient (Wildman–Crippen LogP) is 1.91. The summed E-state index contributed by atoms with van der Waals surface area (Å²) in [6, 6.07) is 2.80. The van der Waals surface area contributed by atoms with Gasteiger partial charge in [-0.3, -0.25) is 9.59 Å². The second-order valence-corrected chi connectivity index (χ2v) is 5.61. The van der Waals surface area contributed by atoms with Crippen LogP contribution in [0.15, 0.2) is 34.1 Å². The van der Waals surface area contributed by atoms with Crippen molar-refractivity contribution in [2.24, 2.45) is 0 Å². The van der Waals surface area contributed by atoms with Crippen LogP contribution in [0.5, 0.6) is 0 Å². The molecule has 0 aliphatic carbocycles. The maximum absolute atomic E-state index is 12.3. The molecule has 0 bridgehead atoms. The van der Waals surface area contributed by atoms with Gasteiger partial charge in [-0.2, -0.15) is 0 Å². The third-order valence-electron chi connectivity index (χ3n) is 3.74. The molecule has 0 spiro atoms. The van der Waals surface area contributed by atoms with Gasteiger partial charge in [-0.15, -0.1) is 0 Å². The number of rotatable bonds is 7. The van der Waals surface area contributed by atoms with Crippen LogP contribution in [0.1, 0.15) is 31.6 Å². The Morgan fingerprint density at radius 1 is 1.45 bits per heavy atom. The van der Waals surface area contributed by atoms with Gasteiger partial charge in [0.25, 0.3) is 5.91 Å². The number of carbonyl (C=O) groups excluding carboxylic acids is 2. The highest BCUT2D eigenvalue weighted by Gasteiger charge is 2.43. The summed E-state index contributed by atoms with van der Waals surface area (Å²) in [7, 11) is 3.91. The van der Waals surface area contributed by atoms with Crippen molar-refractivity contribution in [2.75, 3.05) is 27.2 Å². The van der Waals surface area contributed by atoms with E-state index in [0.29, 0.717) is 12.3 Å². The molecular weight excluding hydrogens is 284 g/mol. The average molecular weight is 306 g/mol. The molecule has 2 heterocycles. The lowest BCUT2D eigenvalue weighted by Crippen LogP contribution is -2.33. The van der Waals surface area contributed by atoms with Crippen LogP contribution in [0.25, 0.3) is 0 Å². The number of aliphatic hydroxyl groups excluding tert-OH is 1. The minimum atomic E-state index is -0.628. The van der Waals surface area contributed by atoms with Crippen molar-refractivity contribution in [3.63, 3.8) is 0 Å². The first kappa shape index (κ1) is 16.3. The summed E-state index contributed by atoms with van der Waals surface area (Å²) in [6.45, 7) is 2.97. The largest absolute Gasteiger partial charge is 0.503 e. The Morgan fingerprint density at radius 2 is 2.18 bits per heavy atom. The second-order valence-electron chi connectivity index (χ2n) is 5.61. The Kier molecular flexibility index (Phi) is 5.03. The van der Waals surface area contributed by atoms with Gasteiger partial charge in [0.1, 0.15) is 11.8 Å². The first-order chi connectivity index (χ1) is 10.5. The molecule has 1 aromatic heterocycles. The molecule has 2 rings (SSSR count). The highest BCUT2D eigenvalue weighted by Crippen LogP contribution is 2.38. The molecule has 1 N–H and O–H groups in total. The van der Waals surface area contributed by atoms with Crippen molar-refractivity contribution in [3.8, 4) is 0 Å². The van der Waals surface area contributed by atoms with E-state index >= 15 is 0 Å². The summed E-state index contributed by atoms with van der Waals surface area (Å²) in [4.78, 5) is 28.0. The number of hydrogen-bond acceptors (Lipinski definition) is 5. The standard InChI is InChI=1S/C16H22N2O4/c1-4-11(19)13-14(12-7-5-10-22-12)18(16(21)15(13)20)9-6-8-17(2)3/h5,7,10,14,20H,4,6,8-9H2,1-3H3. The van der Waals surface area contributed by atoms with Crippen LogP contribution in [0.2, 0.25) is 0 Å². The van der Waals surface area contributed by atoms with Gasteiger partial charge in [0, 0.05) is 13.0 Å². The zero-order valence-corrected chi connectivity index (χ0v) is 13.2. The zero-order valence-electron chi connectivity index (χ0n) is 13.2. The zero-order chi connectivity index (χ0) is 16.3. The molecule has 1 aliphatic heterocycles. The van der Waals surface area contributed by atoms with Crippen molar-refractivity contribution in [2.45, 2.75) is 25.8 Å². The molecule has 1 atom stereocenters. The number of hydrogen-bond donors (Lipinski definition) is 1. The molecule has 0 radical (unpaired) electrons. The van der Waals surface area contributed by atoms with E-state index in [0.717, 1.165) is 13.0 Å². The van der Waals surface area contributed by atoms with Crippen LogP contribution in [-0.4, -0.2) is 53.8 Å². The molecule has 1 unspecified atom stereocenters. The van der Waals surface area contributed by atoms with E-state index in [4.69, 9.17) is 4.42 Å². The SMILES string of the molecule is CCC(=O)C1=C(O)C(=O)N(CCCN(C)C)C1c1ccco1. The third-order valence-corrected chi connectivity index (χ3v) is 3.74. The summed E-state index contributed by atoms with van der Waals surface area (Å²) in [5, 5.41) is 10.1. The highest BCUT2D eigenvalue weighted by atomic mass is 16.3. The van der Waals surface area contributed by atoms with Gasteiger partial charge < -0.3 is 19.3 Å². The quantitative estimate of drug-likeness (QED) is 0.833. The maximum atomic E-state index is 12.3. The van der Waals surface area contributed by atoms with Crippen LogP contribution >= 0.6 is 0 Å². The maximum Gasteiger partial charge on any atom is 0.290 e. The van der Waals surface area contributed by atoms with Gasteiger partial charge >= 0.3 is 0 Å². The van der Waals surface area contributed by atoms with E-state index in [1.807, 2.05) is 19.0 Å². The van der Waals surface area contributed by atoms with Gasteiger partial charge in [0.05, 0.1) is 11.8 Å². The molecule has 1 amide bonds. The van der Waals surface area contributed by atoms with Crippen LogP contribution in [0, 0.1) is 0 Å². The van der Waals surface area contributed by atoms with Gasteiger partial charge in [-0.1, -0.05) is 6.92 Å². The molecule has 0 saturated carbocycles. The second kappa shape index (κ2) is 6.79. The summed E-state index contributed by atoms with van der Waals surface area (Å²) in [5.41, 5.74) is 0.146. The molecule has 120 valence electrons. The number of carbonyl (C=O) groups is 2. The smallest absolute Gasteiger partial charge is 0.290 e. The van der Waals surface area contributed by atoms with Crippen molar-refractivity contribution < 1.29 is 19.1 Å². The predicted molar refractivity (Wildman–Crippen MR) is 81.3 cm³/mol. The Hall–Kier alpha value is -2.08. The number of furan rings is 1. The average Bonchev–Trinajstić information content (AvgIpc) is 3.08. The van der Waals surface area contributed by atoms with Crippen molar-refractivity contribution >= 4 is 11.7 Å². The van der Waals surface area contributed by atoms with Crippen molar-refractivity contribution in [3.05, 3.63) is 35.5 Å². The van der Waals surface area contributed by atoms with E-state index in [1.54, 1.807) is 19.1 Å². The van der Waals surface area contributed by atoms with Crippen LogP contribution in [0.3, 0.4) is 0 Å². The topological polar surface area (TPSA) is 74.0 Å². The molecule has 6 nitrogen and oxygen atoms in total. The summed E-state index contributed by atoms with van der Waals surface area (Å²) >= 11 is 0. The number of aliphatic hydroxyl groups is 1. The van der Waals surface area contributed by atoms with Crippen LogP contribution < -0.4 is 0 Å². The number of ketones is 1. The molecular formula is C16H22N2O4. The summed E-state index contributed by atoms with van der Waals surface area (Å²) in [6.07, 6.45) is 2.48. The molecule has 6 heteroatoms. The lowest BCUT2D eigenvalue weighted by Gasteiger charge is -2.25. The normalized spacial score (nSPS) is 18.6. The van der Waals surface area contributed by atoms with E-state index in [2.05, 4.69) is 0 Å². The van der Waals surface area contributed by atoms with Crippen molar-refractivity contribution in [1.82, 2.24) is 9.80 Å². The van der Waals surface area contributed by atoms with E-state index in [-0.39, 0.29) is 17.8 Å². The lowest BCUT2D eigenvalue weighted by molar-refractivity contribution is -0.129. The molecule has 1 aromatic rings. The molecule has 1 aliphatic rings. The van der Waals surface area contributed by atoms with Gasteiger partial charge in [-0.05, 0) is 39.2 Å². The number of nitrogens with zero attached hydrogens (tertiary/aromatic N) is 2. The Balaban J connectivity index is 2.30. The summed E-state index contributed by atoms with van der Waals surface area (Å²) in [5.74, 6) is -0.684. The van der Waals surface area contributed by atoms with E-state index in [9.17, 15) is 14.7 Å². The first-order valence-corrected chi connectivity index (χ1v) is 7.42. The third kappa shape index (κ3) is 3.06.